The first-order valence-corrected chi connectivity index (χ1v) is 3.19. The SMILES string of the molecule is C=Cc1cccc(CO)c1. The predicted octanol–water partition coefficient (Wildman–Crippen LogP) is 1.82. The lowest BCUT2D eigenvalue weighted by Crippen LogP contribution is -1.81. The molecule has 0 unspecified atom stereocenters. The highest BCUT2D eigenvalue weighted by Crippen LogP contribution is 2.05. The Morgan fingerprint density at radius 3 is 2.90 bits per heavy atom. The fourth-order valence-corrected chi connectivity index (χ4v) is 0.818. The maximum Gasteiger partial charge on any atom is 0.0682 e. The Hall–Kier alpha value is -1.08. The minimum Gasteiger partial charge on any atom is -0.392 e. The third-order valence-corrected chi connectivity index (χ3v) is 1.37. The first-order valence-electron chi connectivity index (χ1n) is 3.19. The maximum absolute atomic E-state index is 8.72. The van der Waals surface area contributed by atoms with Crippen molar-refractivity contribution in [2.45, 2.75) is 6.61 Å². The Morgan fingerprint density at radius 2 is 2.30 bits per heavy atom. The van der Waals surface area contributed by atoms with Gasteiger partial charge in [-0.3, -0.25) is 0 Å². The van der Waals surface area contributed by atoms with Gasteiger partial charge < -0.3 is 5.11 Å². The summed E-state index contributed by atoms with van der Waals surface area (Å²) in [7, 11) is 0. The number of aliphatic hydroxyl groups is 1. The van der Waals surface area contributed by atoms with Crippen LogP contribution in [0.2, 0.25) is 0 Å². The zero-order chi connectivity index (χ0) is 7.40. The quantitative estimate of drug-likeness (QED) is 0.654. The van der Waals surface area contributed by atoms with Gasteiger partial charge in [0.05, 0.1) is 6.61 Å². The third-order valence-electron chi connectivity index (χ3n) is 1.37. The molecule has 0 aliphatic carbocycles. The minimum atomic E-state index is 0.0989. The van der Waals surface area contributed by atoms with Crippen LogP contribution in [0.1, 0.15) is 11.1 Å². The van der Waals surface area contributed by atoms with Crippen molar-refractivity contribution in [3.63, 3.8) is 0 Å². The standard InChI is InChI=1S/C9H10O/c1-2-8-4-3-5-9(6-8)7-10/h2-6,10H,1,7H2. The van der Waals surface area contributed by atoms with Crippen LogP contribution in [0.3, 0.4) is 0 Å². The molecule has 0 amide bonds. The lowest BCUT2D eigenvalue weighted by atomic mass is 10.1. The van der Waals surface area contributed by atoms with Crippen molar-refractivity contribution in [2.75, 3.05) is 0 Å². The molecular weight excluding hydrogens is 124 g/mol. The Bertz CT molecular complexity index is 228. The number of hydrogen-bond acceptors (Lipinski definition) is 1. The summed E-state index contributed by atoms with van der Waals surface area (Å²) < 4.78 is 0. The molecule has 1 aromatic carbocycles. The smallest absolute Gasteiger partial charge is 0.0682 e. The molecule has 10 heavy (non-hydrogen) atoms. The van der Waals surface area contributed by atoms with Crippen molar-refractivity contribution in [3.8, 4) is 0 Å². The van der Waals surface area contributed by atoms with Gasteiger partial charge in [-0.15, -0.1) is 0 Å². The second-order valence-corrected chi connectivity index (χ2v) is 2.11. The molecule has 1 N–H and O–H groups in total. The van der Waals surface area contributed by atoms with Gasteiger partial charge in [-0.05, 0) is 17.2 Å². The van der Waals surface area contributed by atoms with Crippen LogP contribution in [-0.4, -0.2) is 5.11 Å². The van der Waals surface area contributed by atoms with Crippen molar-refractivity contribution in [1.29, 1.82) is 0 Å². The predicted molar refractivity (Wildman–Crippen MR) is 42.5 cm³/mol. The largest absolute Gasteiger partial charge is 0.392 e. The van der Waals surface area contributed by atoms with Gasteiger partial charge in [-0.2, -0.15) is 0 Å². The summed E-state index contributed by atoms with van der Waals surface area (Å²) in [6.45, 7) is 3.72. The van der Waals surface area contributed by atoms with Crippen molar-refractivity contribution in [1.82, 2.24) is 0 Å². The van der Waals surface area contributed by atoms with E-state index in [1.54, 1.807) is 6.08 Å². The second-order valence-electron chi connectivity index (χ2n) is 2.11. The summed E-state index contributed by atoms with van der Waals surface area (Å²) in [5.41, 5.74) is 1.98. The fraction of sp³-hybridized carbons (Fsp3) is 0.111. The summed E-state index contributed by atoms with van der Waals surface area (Å²) in [6, 6.07) is 7.65. The van der Waals surface area contributed by atoms with Gasteiger partial charge in [0.15, 0.2) is 0 Å². The van der Waals surface area contributed by atoms with Gasteiger partial charge in [-0.25, -0.2) is 0 Å². The van der Waals surface area contributed by atoms with E-state index in [4.69, 9.17) is 5.11 Å². The molecule has 0 spiro atoms. The molecule has 52 valence electrons. The molecule has 0 bridgehead atoms. The average Bonchev–Trinajstić information content (AvgIpc) is 2.05. The molecule has 0 saturated heterocycles. The van der Waals surface area contributed by atoms with E-state index < -0.39 is 0 Å². The zero-order valence-corrected chi connectivity index (χ0v) is 5.75. The molecule has 1 aromatic rings. The van der Waals surface area contributed by atoms with E-state index in [0.717, 1.165) is 11.1 Å². The van der Waals surface area contributed by atoms with Crippen LogP contribution in [0.15, 0.2) is 30.8 Å². The molecule has 1 heteroatoms. The number of aliphatic hydroxyl groups excluding tert-OH is 1. The molecule has 0 radical (unpaired) electrons. The van der Waals surface area contributed by atoms with Crippen LogP contribution in [0.4, 0.5) is 0 Å². The topological polar surface area (TPSA) is 20.2 Å². The van der Waals surface area contributed by atoms with E-state index >= 15 is 0 Å². The van der Waals surface area contributed by atoms with Crippen molar-refractivity contribution in [2.24, 2.45) is 0 Å². The monoisotopic (exact) mass is 134 g/mol. The van der Waals surface area contributed by atoms with Gasteiger partial charge in [0.2, 0.25) is 0 Å². The van der Waals surface area contributed by atoms with E-state index in [1.807, 2.05) is 24.3 Å². The lowest BCUT2D eigenvalue weighted by Gasteiger charge is -1.95. The van der Waals surface area contributed by atoms with Crippen LogP contribution in [-0.2, 0) is 6.61 Å². The Kier molecular flexibility index (Phi) is 2.24. The van der Waals surface area contributed by atoms with Gasteiger partial charge >= 0.3 is 0 Å². The average molecular weight is 134 g/mol. The summed E-state index contributed by atoms with van der Waals surface area (Å²) in [5.74, 6) is 0. The Labute approximate surface area is 60.6 Å². The molecule has 1 rings (SSSR count). The summed E-state index contributed by atoms with van der Waals surface area (Å²) in [4.78, 5) is 0. The molecule has 0 saturated carbocycles. The van der Waals surface area contributed by atoms with Gasteiger partial charge in [0.25, 0.3) is 0 Å². The molecule has 0 atom stereocenters. The molecule has 1 nitrogen and oxygen atoms in total. The van der Waals surface area contributed by atoms with Crippen molar-refractivity contribution in [3.05, 3.63) is 42.0 Å². The zero-order valence-electron chi connectivity index (χ0n) is 5.75. The molecule has 0 aliphatic heterocycles. The number of rotatable bonds is 2. The molecule has 0 aromatic heterocycles. The van der Waals surface area contributed by atoms with Gasteiger partial charge in [-0.1, -0.05) is 30.9 Å². The Morgan fingerprint density at radius 1 is 1.50 bits per heavy atom. The summed E-state index contributed by atoms with van der Waals surface area (Å²) in [5, 5.41) is 8.72. The lowest BCUT2D eigenvalue weighted by molar-refractivity contribution is 0.282. The van der Waals surface area contributed by atoms with Crippen molar-refractivity contribution >= 4 is 6.08 Å². The highest BCUT2D eigenvalue weighted by Gasteiger charge is 1.88. The van der Waals surface area contributed by atoms with Gasteiger partial charge in [0.1, 0.15) is 0 Å². The fourth-order valence-electron chi connectivity index (χ4n) is 0.818. The number of benzene rings is 1. The highest BCUT2D eigenvalue weighted by atomic mass is 16.3. The molecule has 0 aliphatic rings. The van der Waals surface area contributed by atoms with E-state index in [0.29, 0.717) is 0 Å². The van der Waals surface area contributed by atoms with E-state index in [-0.39, 0.29) is 6.61 Å². The Balaban J connectivity index is 2.98. The van der Waals surface area contributed by atoms with Crippen LogP contribution in [0.25, 0.3) is 6.08 Å². The molecule has 0 fully saturated rings. The molecular formula is C9H10O. The number of hydrogen-bond donors (Lipinski definition) is 1. The van der Waals surface area contributed by atoms with Crippen LogP contribution in [0, 0.1) is 0 Å². The molecule has 0 heterocycles. The maximum atomic E-state index is 8.72. The summed E-state index contributed by atoms with van der Waals surface area (Å²) >= 11 is 0. The second kappa shape index (κ2) is 3.18. The van der Waals surface area contributed by atoms with E-state index in [2.05, 4.69) is 6.58 Å². The first-order chi connectivity index (χ1) is 4.86. The van der Waals surface area contributed by atoms with Crippen molar-refractivity contribution < 1.29 is 5.11 Å². The summed E-state index contributed by atoms with van der Waals surface area (Å²) in [6.07, 6.45) is 1.76. The van der Waals surface area contributed by atoms with Crippen LogP contribution < -0.4 is 0 Å². The van der Waals surface area contributed by atoms with Crippen LogP contribution >= 0.6 is 0 Å². The van der Waals surface area contributed by atoms with E-state index in [1.165, 1.54) is 0 Å². The first kappa shape index (κ1) is 7.03. The normalized spacial score (nSPS) is 9.30. The third kappa shape index (κ3) is 1.45. The van der Waals surface area contributed by atoms with Crippen LogP contribution in [0.5, 0.6) is 0 Å². The van der Waals surface area contributed by atoms with E-state index in [9.17, 15) is 0 Å². The minimum absolute atomic E-state index is 0.0989. The highest BCUT2D eigenvalue weighted by molar-refractivity contribution is 5.47. The van der Waals surface area contributed by atoms with Gasteiger partial charge in [0, 0.05) is 0 Å².